The molecule has 0 spiro atoms. The van der Waals surface area contributed by atoms with E-state index < -0.39 is 0 Å². The van der Waals surface area contributed by atoms with Crippen molar-refractivity contribution < 1.29 is 9.53 Å². The maximum absolute atomic E-state index is 12.2. The van der Waals surface area contributed by atoms with E-state index >= 15 is 0 Å². The Bertz CT molecular complexity index is 637. The summed E-state index contributed by atoms with van der Waals surface area (Å²) in [6.45, 7) is 7.57. The lowest BCUT2D eigenvalue weighted by Gasteiger charge is -2.09. The molecule has 1 aromatic heterocycles. The molecule has 0 saturated carbocycles. The summed E-state index contributed by atoms with van der Waals surface area (Å²) in [5.41, 5.74) is 2.46. The number of nitrogens with zero attached hydrogens (tertiary/aromatic N) is 1. The highest BCUT2D eigenvalue weighted by molar-refractivity contribution is 6.04. The first-order valence-corrected chi connectivity index (χ1v) is 8.24. The summed E-state index contributed by atoms with van der Waals surface area (Å²) in [4.78, 5) is 16.5. The Hall–Kier alpha value is -2.40. The van der Waals surface area contributed by atoms with Gasteiger partial charge in [-0.25, -0.2) is 4.98 Å². The molecule has 24 heavy (non-hydrogen) atoms. The van der Waals surface area contributed by atoms with Gasteiger partial charge >= 0.3 is 0 Å². The van der Waals surface area contributed by atoms with Crippen molar-refractivity contribution in [1.82, 2.24) is 4.98 Å². The summed E-state index contributed by atoms with van der Waals surface area (Å²) in [5, 5.41) is 6.08. The molecule has 0 unspecified atom stereocenters. The zero-order valence-electron chi connectivity index (χ0n) is 14.5. The zero-order chi connectivity index (χ0) is 17.4. The quantitative estimate of drug-likeness (QED) is 0.723. The second kappa shape index (κ2) is 9.03. The van der Waals surface area contributed by atoms with Crippen molar-refractivity contribution in [2.24, 2.45) is 0 Å². The van der Waals surface area contributed by atoms with E-state index in [4.69, 9.17) is 4.74 Å². The number of ether oxygens (including phenoxy) is 1. The number of pyridine rings is 1. The Morgan fingerprint density at radius 2 is 1.92 bits per heavy atom. The van der Waals surface area contributed by atoms with Crippen molar-refractivity contribution in [3.63, 3.8) is 0 Å². The molecule has 0 fully saturated rings. The number of anilines is 2. The molecule has 1 aromatic carbocycles. The summed E-state index contributed by atoms with van der Waals surface area (Å²) in [6, 6.07) is 11.3. The van der Waals surface area contributed by atoms with Gasteiger partial charge in [0.05, 0.1) is 11.7 Å². The minimum atomic E-state index is -0.164. The van der Waals surface area contributed by atoms with E-state index in [0.29, 0.717) is 5.56 Å². The van der Waals surface area contributed by atoms with Gasteiger partial charge in [0.15, 0.2) is 0 Å². The number of amides is 1. The fourth-order valence-electron chi connectivity index (χ4n) is 2.08. The number of benzene rings is 1. The lowest BCUT2D eigenvalue weighted by molar-refractivity contribution is 0.0787. The molecule has 2 N–H and O–H groups in total. The van der Waals surface area contributed by atoms with Gasteiger partial charge in [-0.1, -0.05) is 17.7 Å². The van der Waals surface area contributed by atoms with Crippen LogP contribution in [0.15, 0.2) is 42.6 Å². The van der Waals surface area contributed by atoms with Crippen molar-refractivity contribution in [2.75, 3.05) is 23.8 Å². The molecule has 0 aliphatic heterocycles. The van der Waals surface area contributed by atoms with Crippen LogP contribution < -0.4 is 10.6 Å². The number of rotatable bonds is 8. The molecule has 0 saturated heterocycles. The molecule has 2 aromatic rings. The Morgan fingerprint density at radius 1 is 1.17 bits per heavy atom. The number of carbonyl (C=O) groups is 1. The summed E-state index contributed by atoms with van der Waals surface area (Å²) < 4.78 is 5.48. The number of aromatic nitrogens is 1. The van der Waals surface area contributed by atoms with E-state index in [1.165, 1.54) is 0 Å². The highest BCUT2D eigenvalue weighted by atomic mass is 16.5. The van der Waals surface area contributed by atoms with Gasteiger partial charge in [0.1, 0.15) is 5.82 Å². The maximum atomic E-state index is 12.2. The lowest BCUT2D eigenvalue weighted by Crippen LogP contribution is -2.13. The van der Waals surface area contributed by atoms with Crippen LogP contribution in [-0.2, 0) is 4.74 Å². The number of aryl methyl sites for hydroxylation is 1. The summed E-state index contributed by atoms with van der Waals surface area (Å²) in [5.74, 6) is 0.592. The van der Waals surface area contributed by atoms with Crippen LogP contribution in [0.25, 0.3) is 0 Å². The molecular formula is C19H25N3O2. The predicted molar refractivity (Wildman–Crippen MR) is 97.6 cm³/mol. The van der Waals surface area contributed by atoms with Crippen molar-refractivity contribution in [1.29, 1.82) is 0 Å². The van der Waals surface area contributed by atoms with Crippen molar-refractivity contribution in [2.45, 2.75) is 33.3 Å². The molecule has 128 valence electrons. The van der Waals surface area contributed by atoms with Crippen molar-refractivity contribution in [3.8, 4) is 0 Å². The molecular weight excluding hydrogens is 302 g/mol. The zero-order valence-corrected chi connectivity index (χ0v) is 14.5. The van der Waals surface area contributed by atoms with Gasteiger partial charge in [0, 0.05) is 25.0 Å². The first kappa shape index (κ1) is 17.9. The van der Waals surface area contributed by atoms with Gasteiger partial charge in [0.2, 0.25) is 0 Å². The largest absolute Gasteiger partial charge is 0.379 e. The Kier molecular flexibility index (Phi) is 6.75. The van der Waals surface area contributed by atoms with E-state index in [9.17, 15) is 4.79 Å². The van der Waals surface area contributed by atoms with Gasteiger partial charge < -0.3 is 15.4 Å². The highest BCUT2D eigenvalue weighted by Crippen LogP contribution is 2.11. The molecule has 5 nitrogen and oxygen atoms in total. The van der Waals surface area contributed by atoms with Gasteiger partial charge in [-0.15, -0.1) is 0 Å². The first-order chi connectivity index (χ1) is 11.5. The second-order valence-electron chi connectivity index (χ2n) is 5.95. The summed E-state index contributed by atoms with van der Waals surface area (Å²) in [6.07, 6.45) is 2.75. The number of hydrogen-bond acceptors (Lipinski definition) is 4. The predicted octanol–water partition coefficient (Wildman–Crippen LogP) is 3.87. The van der Waals surface area contributed by atoms with E-state index in [2.05, 4.69) is 15.6 Å². The fourth-order valence-corrected chi connectivity index (χ4v) is 2.08. The van der Waals surface area contributed by atoms with Crippen LogP contribution in [-0.4, -0.2) is 30.1 Å². The Morgan fingerprint density at radius 3 is 2.54 bits per heavy atom. The average molecular weight is 327 g/mol. The van der Waals surface area contributed by atoms with E-state index in [-0.39, 0.29) is 12.0 Å². The van der Waals surface area contributed by atoms with Crippen LogP contribution in [0.1, 0.15) is 36.2 Å². The van der Waals surface area contributed by atoms with Crippen molar-refractivity contribution in [3.05, 3.63) is 53.7 Å². The second-order valence-corrected chi connectivity index (χ2v) is 5.95. The minimum absolute atomic E-state index is 0.164. The molecule has 0 bridgehead atoms. The van der Waals surface area contributed by atoms with Gasteiger partial charge in [-0.05, 0) is 51.5 Å². The van der Waals surface area contributed by atoms with Crippen LogP contribution in [0, 0.1) is 6.92 Å². The molecule has 0 aliphatic carbocycles. The molecule has 5 heteroatoms. The number of hydrogen-bond donors (Lipinski definition) is 2. The Labute approximate surface area is 143 Å². The monoisotopic (exact) mass is 327 g/mol. The Balaban J connectivity index is 1.80. The summed E-state index contributed by atoms with van der Waals surface area (Å²) >= 11 is 0. The fraction of sp³-hybridized carbons (Fsp3) is 0.368. The number of nitrogens with one attached hydrogen (secondary N) is 2. The molecule has 0 aliphatic rings. The van der Waals surface area contributed by atoms with Crippen LogP contribution >= 0.6 is 0 Å². The van der Waals surface area contributed by atoms with Gasteiger partial charge in [0.25, 0.3) is 5.91 Å². The molecule has 0 atom stereocenters. The van der Waals surface area contributed by atoms with Crippen LogP contribution in [0.2, 0.25) is 0 Å². The average Bonchev–Trinajstić information content (AvgIpc) is 2.57. The highest BCUT2D eigenvalue weighted by Gasteiger charge is 2.06. The smallest absolute Gasteiger partial charge is 0.257 e. The first-order valence-electron chi connectivity index (χ1n) is 8.24. The van der Waals surface area contributed by atoms with Gasteiger partial charge in [-0.3, -0.25) is 4.79 Å². The molecule has 1 heterocycles. The van der Waals surface area contributed by atoms with Gasteiger partial charge in [-0.2, -0.15) is 0 Å². The standard InChI is InChI=1S/C19H25N3O2/c1-14(2)24-12-4-11-20-18-10-7-16(13-21-18)19(23)22-17-8-5-15(3)6-9-17/h5-10,13-14H,4,11-12H2,1-3H3,(H,20,21)(H,22,23). The molecule has 0 radical (unpaired) electrons. The molecule has 2 rings (SSSR count). The minimum Gasteiger partial charge on any atom is -0.379 e. The topological polar surface area (TPSA) is 63.2 Å². The van der Waals surface area contributed by atoms with Crippen LogP contribution in [0.4, 0.5) is 11.5 Å². The summed E-state index contributed by atoms with van der Waals surface area (Å²) in [7, 11) is 0. The van der Waals surface area contributed by atoms with E-state index in [0.717, 1.165) is 36.6 Å². The maximum Gasteiger partial charge on any atom is 0.257 e. The van der Waals surface area contributed by atoms with E-state index in [1.54, 1.807) is 12.3 Å². The third-order valence-corrected chi connectivity index (χ3v) is 3.41. The van der Waals surface area contributed by atoms with Crippen molar-refractivity contribution >= 4 is 17.4 Å². The van der Waals surface area contributed by atoms with E-state index in [1.807, 2.05) is 51.1 Å². The third-order valence-electron chi connectivity index (χ3n) is 3.41. The molecule has 1 amide bonds. The number of carbonyl (C=O) groups excluding carboxylic acids is 1. The SMILES string of the molecule is Cc1ccc(NC(=O)c2ccc(NCCCOC(C)C)nc2)cc1. The third kappa shape index (κ3) is 6.01. The lowest BCUT2D eigenvalue weighted by atomic mass is 10.2. The van der Waals surface area contributed by atoms with Crippen LogP contribution in [0.3, 0.4) is 0 Å². The van der Waals surface area contributed by atoms with Crippen LogP contribution in [0.5, 0.6) is 0 Å². The normalized spacial score (nSPS) is 10.7.